The molecule has 1 radical (unpaired) electrons. The second-order valence-corrected chi connectivity index (χ2v) is 34.5. The minimum absolute atomic E-state index is 0. The molecular formula is C86H136AuN20O30S4. The normalized spacial score (nSPS) is 17.9. The zero-order chi connectivity index (χ0) is 103. The first-order valence-corrected chi connectivity index (χ1v) is 50.2. The number of rotatable bonds is 64. The number of hydrogen-bond acceptors (Lipinski definition) is 46. The van der Waals surface area contributed by atoms with Crippen molar-refractivity contribution in [2.24, 2.45) is 0 Å². The van der Waals surface area contributed by atoms with Crippen molar-refractivity contribution in [1.29, 1.82) is 0 Å². The molecule has 6 unspecified atom stereocenters. The molecule has 4 aromatic heterocycles. The second-order valence-electron chi connectivity index (χ2n) is 30.6. The molecule has 0 bridgehead atoms. The number of nitrogens with one attached hydrogen (secondary N) is 6. The standard InChI is InChI=1S/2C34H50N10O9S.2C9H18O6S.Au/c2*1-44(21-24-20-38-31-29(40-24)30(35)42-34(36)43-31)25-6-4-23(5-7-25)32(47)41-26(33(48)49)8-9-27(45)37-11-3-12-50-14-15-52-16-17-53-22-39-28(46)10-13-51-18-19-54-2;2*1-16-3-2-14-9-8(13)7(12)6(11)5(4-10)15-9;/h2*4-7,20,26H,3,8-19,21-22H2,1-2H3,(H,37,45)(H,39,46)(H,41,47)(H,48,49)(H4,35,36,38,42,43);2*5-13H,2-4H2,1H3;/t;;2*5?,6-,7-,8?,9-;/m..00./s1. The summed E-state index contributed by atoms with van der Waals surface area (Å²) < 4.78 is 63.8. The van der Waals surface area contributed by atoms with Gasteiger partial charge in [0.15, 0.2) is 46.5 Å². The number of fused-ring (bicyclic) bond motifs is 2. The van der Waals surface area contributed by atoms with Gasteiger partial charge in [0, 0.05) is 121 Å². The fraction of sp³-hybridized carbons (Fsp3) is 0.628. The average Bonchev–Trinajstić information content (AvgIpc) is 0.840. The summed E-state index contributed by atoms with van der Waals surface area (Å²) in [5, 5.41) is 110. The molecule has 6 aromatic rings. The number of thioether (sulfide) groups is 4. The number of carboxylic acid groups (broad SMARTS) is 2. The van der Waals surface area contributed by atoms with E-state index < -0.39 is 110 Å². The predicted molar refractivity (Wildman–Crippen MR) is 522 cm³/mol. The number of carbonyl (C=O) groups is 8. The molecule has 12 atom stereocenters. The number of ether oxygens (including phenoxy) is 12. The van der Waals surface area contributed by atoms with Crippen LogP contribution in [0.4, 0.5) is 34.9 Å². The van der Waals surface area contributed by atoms with Crippen molar-refractivity contribution in [2.75, 3.05) is 240 Å². The Labute approximate surface area is 848 Å². The Morgan fingerprint density at radius 3 is 1.08 bits per heavy atom. The third-order valence-corrected chi connectivity index (χ3v) is 22.2. The number of benzene rings is 2. The number of amides is 6. The number of carboxylic acids is 2. The molecule has 0 aliphatic carbocycles. The van der Waals surface area contributed by atoms with Crippen LogP contribution in [0.3, 0.4) is 0 Å². The maximum Gasteiger partial charge on any atom is 0.326 e. The SMILES string of the molecule is CSCCOCCC(=O)NCOCCOCCOCCCNC(=O)CCC(NC(=O)c1ccc(N(C)Cc2cnc3nc(N)nc(N)c3n2)cc1)C(=O)O.CSCCOCCC(=O)NCOCCOCCOCCCNC(=O)CCC(NC(=O)c1ccc(N(C)Cc2cnc3nc(N)nc(N)c3n2)cc1)C(=O)O.CSCCO[C@H]1OC(CO)[C@H](O)[C@H](O)C1O.CSCCO[C@H]1OC(CO)[C@H](O)[C@H](O)C1O.[Au]. The van der Waals surface area contributed by atoms with Gasteiger partial charge in [-0.1, -0.05) is 0 Å². The topological polar surface area (TPSA) is 735 Å². The first-order chi connectivity index (χ1) is 67.4. The van der Waals surface area contributed by atoms with Crippen LogP contribution in [0, 0.1) is 0 Å². The smallest absolute Gasteiger partial charge is 0.326 e. The molecule has 141 heavy (non-hydrogen) atoms. The molecular weight excluding hydrogens is 2120 g/mol. The number of nitrogens with two attached hydrogens (primary N) is 4. The van der Waals surface area contributed by atoms with Crippen molar-refractivity contribution >= 4 is 152 Å². The van der Waals surface area contributed by atoms with E-state index >= 15 is 0 Å². The van der Waals surface area contributed by atoms with E-state index in [1.807, 2.05) is 48.9 Å². The fourth-order valence-electron chi connectivity index (χ4n) is 12.2. The molecule has 55 heteroatoms. The predicted octanol–water partition coefficient (Wildman–Crippen LogP) is -2.50. The van der Waals surface area contributed by atoms with Crippen LogP contribution in [0.15, 0.2) is 60.9 Å². The van der Waals surface area contributed by atoms with Gasteiger partial charge >= 0.3 is 11.9 Å². The van der Waals surface area contributed by atoms with E-state index in [9.17, 15) is 79.2 Å². The number of carbonyl (C=O) groups excluding carboxylic acids is 6. The van der Waals surface area contributed by atoms with E-state index in [1.54, 1.807) is 108 Å². The number of aliphatic hydroxyl groups excluding tert-OH is 8. The van der Waals surface area contributed by atoms with Crippen molar-refractivity contribution in [3.8, 4) is 0 Å². The summed E-state index contributed by atoms with van der Waals surface area (Å²) in [6, 6.07) is 10.7. The van der Waals surface area contributed by atoms with Gasteiger partial charge in [-0.25, -0.2) is 29.5 Å². The molecule has 6 amide bonds. The zero-order valence-electron chi connectivity index (χ0n) is 79.5. The van der Waals surface area contributed by atoms with Crippen molar-refractivity contribution in [2.45, 2.75) is 138 Å². The molecule has 2 aliphatic heterocycles. The minimum Gasteiger partial charge on any atom is -0.480 e. The van der Waals surface area contributed by atoms with Crippen LogP contribution >= 0.6 is 47.0 Å². The van der Waals surface area contributed by atoms with E-state index in [-0.39, 0.29) is 133 Å². The number of aromatic nitrogens is 8. The van der Waals surface area contributed by atoms with E-state index in [4.69, 9.17) is 90.0 Å². The molecule has 2 aliphatic rings. The molecule has 6 heterocycles. The third kappa shape index (κ3) is 49.1. The Morgan fingerprint density at radius 1 is 0.411 bits per heavy atom. The van der Waals surface area contributed by atoms with Gasteiger partial charge in [0.1, 0.15) is 74.4 Å². The summed E-state index contributed by atoms with van der Waals surface area (Å²) in [5.41, 5.74) is 27.6. The minimum atomic E-state index is -1.37. The number of nitrogens with zero attached hydrogens (tertiary/aromatic N) is 10. The summed E-state index contributed by atoms with van der Waals surface area (Å²) in [7, 11) is 3.66. The number of aliphatic carboxylic acids is 2. The molecule has 795 valence electrons. The molecule has 0 saturated carbocycles. The molecule has 2 aromatic carbocycles. The van der Waals surface area contributed by atoms with E-state index in [0.29, 0.717) is 178 Å². The van der Waals surface area contributed by atoms with Crippen LogP contribution in [0.25, 0.3) is 22.3 Å². The molecule has 50 nitrogen and oxygen atoms in total. The summed E-state index contributed by atoms with van der Waals surface area (Å²) in [6.07, 6.45) is 0.431. The summed E-state index contributed by atoms with van der Waals surface area (Å²) in [6.45, 7) is 7.10. The number of hydrogen-bond donors (Lipinski definition) is 20. The van der Waals surface area contributed by atoms with Crippen LogP contribution in [0.5, 0.6) is 0 Å². The third-order valence-electron chi connectivity index (χ3n) is 19.9. The second kappa shape index (κ2) is 72.4. The Hall–Kier alpha value is -8.82. The first kappa shape index (κ1) is 124. The fourth-order valence-corrected chi connectivity index (χ4v) is 13.3. The summed E-state index contributed by atoms with van der Waals surface area (Å²) >= 11 is 6.53. The van der Waals surface area contributed by atoms with Crippen molar-refractivity contribution in [3.63, 3.8) is 0 Å². The van der Waals surface area contributed by atoms with Gasteiger partial charge in [-0.15, -0.1) is 0 Å². The number of nitrogen functional groups attached to an aromatic ring is 4. The van der Waals surface area contributed by atoms with Crippen molar-refractivity contribution < 1.29 is 169 Å². The Kier molecular flexibility index (Phi) is 64.0. The van der Waals surface area contributed by atoms with Gasteiger partial charge in [0.25, 0.3) is 11.8 Å². The van der Waals surface area contributed by atoms with Gasteiger partial charge in [0.2, 0.25) is 35.5 Å². The van der Waals surface area contributed by atoms with Gasteiger partial charge in [-0.2, -0.15) is 67.0 Å². The molecule has 2 fully saturated rings. The Morgan fingerprint density at radius 2 is 0.738 bits per heavy atom. The average molecular weight is 2260 g/mol. The van der Waals surface area contributed by atoms with Crippen LogP contribution < -0.4 is 64.6 Å². The van der Waals surface area contributed by atoms with Crippen LogP contribution in [0.1, 0.15) is 83.5 Å². The van der Waals surface area contributed by atoms with Crippen molar-refractivity contribution in [3.05, 3.63) is 83.4 Å². The first-order valence-electron chi connectivity index (χ1n) is 44.6. The van der Waals surface area contributed by atoms with Crippen LogP contribution in [-0.4, -0.2) is 419 Å². The Balaban J connectivity index is 0.000000444. The summed E-state index contributed by atoms with van der Waals surface area (Å²) in [4.78, 5) is 134. The van der Waals surface area contributed by atoms with Crippen molar-refractivity contribution in [1.82, 2.24) is 71.8 Å². The van der Waals surface area contributed by atoms with E-state index in [1.165, 1.54) is 0 Å². The van der Waals surface area contributed by atoms with Gasteiger partial charge in [-0.05, 0) is 99.2 Å². The maximum atomic E-state index is 12.8. The molecule has 24 N–H and O–H groups in total. The summed E-state index contributed by atoms with van der Waals surface area (Å²) in [5.74, 6) is -1.05. The maximum absolute atomic E-state index is 12.8. The Bertz CT molecular complexity index is 4320. The van der Waals surface area contributed by atoms with Crippen LogP contribution in [0.2, 0.25) is 0 Å². The number of anilines is 6. The zero-order valence-corrected chi connectivity index (χ0v) is 84.9. The van der Waals surface area contributed by atoms with E-state index in [2.05, 4.69) is 71.8 Å². The number of aliphatic hydroxyl groups is 8. The molecule has 2 saturated heterocycles. The largest absolute Gasteiger partial charge is 0.480 e. The van der Waals surface area contributed by atoms with E-state index in [0.717, 1.165) is 34.4 Å². The monoisotopic (exact) mass is 2250 g/mol. The van der Waals surface area contributed by atoms with Gasteiger partial charge in [0.05, 0.1) is 155 Å². The molecule has 8 rings (SSSR count). The quantitative estimate of drug-likeness (QED) is 0.0107. The van der Waals surface area contributed by atoms with Gasteiger partial charge in [-0.3, -0.25) is 28.8 Å². The van der Waals surface area contributed by atoms with Gasteiger partial charge < -0.3 is 173 Å². The molecule has 0 spiro atoms. The van der Waals surface area contributed by atoms with Crippen LogP contribution in [-0.2, 0) is 121 Å².